The van der Waals surface area contributed by atoms with Gasteiger partial charge in [0.2, 0.25) is 0 Å². The van der Waals surface area contributed by atoms with E-state index in [9.17, 15) is 14.9 Å². The van der Waals surface area contributed by atoms with Crippen LogP contribution in [0.4, 0.5) is 5.69 Å². The summed E-state index contributed by atoms with van der Waals surface area (Å²) in [4.78, 5) is 26.5. The van der Waals surface area contributed by atoms with Gasteiger partial charge in [-0.1, -0.05) is 29.8 Å². The summed E-state index contributed by atoms with van der Waals surface area (Å²) in [7, 11) is 0. The van der Waals surface area contributed by atoms with Crippen LogP contribution < -0.4 is 4.90 Å². The van der Waals surface area contributed by atoms with Gasteiger partial charge in [-0.15, -0.1) is 0 Å². The minimum Gasteiger partial charge on any atom is -0.328 e. The normalized spacial score (nSPS) is 15.1. The monoisotopic (exact) mass is 354 g/mol. The zero-order chi connectivity index (χ0) is 18.7. The summed E-state index contributed by atoms with van der Waals surface area (Å²) in [6.45, 7) is 7.96. The Kier molecular flexibility index (Phi) is 5.32. The van der Waals surface area contributed by atoms with Gasteiger partial charge in [0.15, 0.2) is 0 Å². The lowest BCUT2D eigenvalue weighted by Gasteiger charge is -2.32. The van der Waals surface area contributed by atoms with Crippen LogP contribution in [0.3, 0.4) is 0 Å². The summed E-state index contributed by atoms with van der Waals surface area (Å²) in [5.74, 6) is -0.0439. The molecule has 1 aliphatic heterocycles. The fourth-order valence-corrected chi connectivity index (χ4v) is 3.49. The first-order valence-electron chi connectivity index (χ1n) is 8.87. The van der Waals surface area contributed by atoms with Crippen molar-refractivity contribution in [2.24, 2.45) is 0 Å². The highest BCUT2D eigenvalue weighted by Gasteiger charge is 2.25. The van der Waals surface area contributed by atoms with Crippen LogP contribution in [0.2, 0.25) is 0 Å². The van der Waals surface area contributed by atoms with Crippen LogP contribution in [0.25, 0.3) is 0 Å². The van der Waals surface area contributed by atoms with Crippen molar-refractivity contribution in [1.82, 2.24) is 4.90 Å². The number of nitrogens with one attached hydrogen (secondary N) is 1. The van der Waals surface area contributed by atoms with E-state index in [0.717, 1.165) is 19.6 Å². The number of hydrogen-bond donors (Lipinski definition) is 1. The van der Waals surface area contributed by atoms with E-state index in [4.69, 9.17) is 0 Å². The van der Waals surface area contributed by atoms with Gasteiger partial charge in [0.05, 0.1) is 31.1 Å². The van der Waals surface area contributed by atoms with E-state index in [1.807, 2.05) is 4.90 Å². The molecule has 6 nitrogen and oxygen atoms in total. The maximum atomic E-state index is 12.7. The van der Waals surface area contributed by atoms with Gasteiger partial charge in [0.1, 0.15) is 6.54 Å². The molecule has 0 atom stereocenters. The Bertz CT molecular complexity index is 827. The van der Waals surface area contributed by atoms with Gasteiger partial charge in [-0.3, -0.25) is 14.9 Å². The lowest BCUT2D eigenvalue weighted by atomic mass is 10.1. The summed E-state index contributed by atoms with van der Waals surface area (Å²) in [5.41, 5.74) is 3.68. The molecule has 0 saturated carbocycles. The average Bonchev–Trinajstić information content (AvgIpc) is 2.61. The number of quaternary nitrogens is 1. The fourth-order valence-electron chi connectivity index (χ4n) is 3.49. The molecule has 26 heavy (non-hydrogen) atoms. The Morgan fingerprint density at radius 2 is 1.88 bits per heavy atom. The highest BCUT2D eigenvalue weighted by molar-refractivity contribution is 5.94. The molecule has 0 aliphatic carbocycles. The van der Waals surface area contributed by atoms with Crippen molar-refractivity contribution in [3.8, 4) is 0 Å². The predicted molar refractivity (Wildman–Crippen MR) is 99.3 cm³/mol. The number of rotatable bonds is 4. The van der Waals surface area contributed by atoms with E-state index in [1.54, 1.807) is 19.1 Å². The standard InChI is InChI=1S/C20H23N3O3/c1-15-4-3-5-17(12-15)14-21-8-10-22(11-9-21)20(24)18-6-7-19(23(25)26)16(2)13-18/h3-7,12-13H,8-11,14H2,1-2H3/p+1. The van der Waals surface area contributed by atoms with Crippen molar-refractivity contribution in [1.29, 1.82) is 0 Å². The molecule has 6 heteroatoms. The molecule has 1 aliphatic rings. The molecule has 0 unspecified atom stereocenters. The molecule has 1 heterocycles. The number of nitrogens with zero attached hydrogens (tertiary/aromatic N) is 2. The van der Waals surface area contributed by atoms with Gasteiger partial charge in [-0.05, 0) is 26.0 Å². The number of carbonyl (C=O) groups excluding carboxylic acids is 1. The van der Waals surface area contributed by atoms with Crippen molar-refractivity contribution in [2.45, 2.75) is 20.4 Å². The van der Waals surface area contributed by atoms with E-state index in [2.05, 4.69) is 31.2 Å². The van der Waals surface area contributed by atoms with Gasteiger partial charge in [-0.25, -0.2) is 0 Å². The van der Waals surface area contributed by atoms with E-state index in [0.29, 0.717) is 24.2 Å². The second-order valence-electron chi connectivity index (χ2n) is 6.97. The smallest absolute Gasteiger partial charge is 0.272 e. The molecule has 0 spiro atoms. The highest BCUT2D eigenvalue weighted by Crippen LogP contribution is 2.19. The Balaban J connectivity index is 1.60. The molecule has 0 aromatic heterocycles. The Morgan fingerprint density at radius 3 is 2.50 bits per heavy atom. The number of benzene rings is 2. The number of carbonyl (C=O) groups is 1. The summed E-state index contributed by atoms with van der Waals surface area (Å²) in [5, 5.41) is 10.9. The number of amides is 1. The largest absolute Gasteiger partial charge is 0.328 e. The quantitative estimate of drug-likeness (QED) is 0.672. The maximum absolute atomic E-state index is 12.7. The van der Waals surface area contributed by atoms with Crippen LogP contribution in [-0.2, 0) is 6.54 Å². The first-order chi connectivity index (χ1) is 12.4. The molecular weight excluding hydrogens is 330 g/mol. The zero-order valence-electron chi connectivity index (χ0n) is 15.2. The van der Waals surface area contributed by atoms with Crippen LogP contribution >= 0.6 is 0 Å². The van der Waals surface area contributed by atoms with Gasteiger partial charge < -0.3 is 9.80 Å². The number of nitro groups is 1. The number of nitro benzene ring substituents is 1. The van der Waals surface area contributed by atoms with Crippen LogP contribution in [-0.4, -0.2) is 41.9 Å². The summed E-state index contributed by atoms with van der Waals surface area (Å²) in [6.07, 6.45) is 0. The van der Waals surface area contributed by atoms with Gasteiger partial charge in [0.25, 0.3) is 11.6 Å². The molecule has 0 bridgehead atoms. The highest BCUT2D eigenvalue weighted by atomic mass is 16.6. The van der Waals surface area contributed by atoms with Crippen LogP contribution in [0, 0.1) is 24.0 Å². The topological polar surface area (TPSA) is 67.9 Å². The minimum atomic E-state index is -0.420. The lowest BCUT2D eigenvalue weighted by molar-refractivity contribution is -0.917. The Hall–Kier alpha value is -2.73. The summed E-state index contributed by atoms with van der Waals surface area (Å²) < 4.78 is 0. The third kappa shape index (κ3) is 4.08. The molecule has 1 fully saturated rings. The molecule has 1 saturated heterocycles. The first-order valence-corrected chi connectivity index (χ1v) is 8.87. The van der Waals surface area contributed by atoms with Crippen molar-refractivity contribution in [3.05, 3.63) is 74.8 Å². The molecule has 136 valence electrons. The number of hydrogen-bond acceptors (Lipinski definition) is 3. The molecule has 2 aromatic rings. The molecular formula is C20H24N3O3+. The molecule has 1 amide bonds. The lowest BCUT2D eigenvalue weighted by Crippen LogP contribution is -3.13. The minimum absolute atomic E-state index is 0.0439. The van der Waals surface area contributed by atoms with Gasteiger partial charge in [0, 0.05) is 22.8 Å². The SMILES string of the molecule is Cc1cccc(C[NH+]2CCN(C(=O)c3ccc([N+](=O)[O-])c(C)c3)CC2)c1. The second-order valence-corrected chi connectivity index (χ2v) is 6.97. The van der Waals surface area contributed by atoms with Crippen LogP contribution in [0.5, 0.6) is 0 Å². The van der Waals surface area contributed by atoms with Crippen LogP contribution in [0.1, 0.15) is 27.0 Å². The van der Waals surface area contributed by atoms with Crippen LogP contribution in [0.15, 0.2) is 42.5 Å². The Labute approximate surface area is 153 Å². The van der Waals surface area contributed by atoms with Gasteiger partial charge in [-0.2, -0.15) is 0 Å². The van der Waals surface area contributed by atoms with Gasteiger partial charge >= 0.3 is 0 Å². The van der Waals surface area contributed by atoms with E-state index in [-0.39, 0.29) is 11.6 Å². The van der Waals surface area contributed by atoms with E-state index >= 15 is 0 Å². The van der Waals surface area contributed by atoms with Crippen molar-refractivity contribution in [2.75, 3.05) is 26.2 Å². The summed E-state index contributed by atoms with van der Waals surface area (Å²) in [6, 6.07) is 13.1. The first kappa shape index (κ1) is 18.1. The molecule has 2 aromatic carbocycles. The third-order valence-corrected chi connectivity index (χ3v) is 4.93. The predicted octanol–water partition coefficient (Wildman–Crippen LogP) is 1.75. The van der Waals surface area contributed by atoms with Crippen molar-refractivity contribution >= 4 is 11.6 Å². The van der Waals surface area contributed by atoms with E-state index < -0.39 is 4.92 Å². The van der Waals surface area contributed by atoms with Crippen molar-refractivity contribution in [3.63, 3.8) is 0 Å². The molecule has 1 N–H and O–H groups in total. The molecule has 3 rings (SSSR count). The average molecular weight is 354 g/mol. The zero-order valence-corrected chi connectivity index (χ0v) is 15.2. The fraction of sp³-hybridized carbons (Fsp3) is 0.350. The number of piperazine rings is 1. The second kappa shape index (κ2) is 7.66. The Morgan fingerprint density at radius 1 is 1.15 bits per heavy atom. The molecule has 0 radical (unpaired) electrons. The maximum Gasteiger partial charge on any atom is 0.272 e. The van der Waals surface area contributed by atoms with Crippen molar-refractivity contribution < 1.29 is 14.6 Å². The third-order valence-electron chi connectivity index (χ3n) is 4.93. The van der Waals surface area contributed by atoms with E-state index in [1.165, 1.54) is 22.1 Å². The number of aryl methyl sites for hydroxylation is 2. The summed E-state index contributed by atoms with van der Waals surface area (Å²) >= 11 is 0.